The Morgan fingerprint density at radius 3 is 2.26 bits per heavy atom. The van der Waals surface area contributed by atoms with Gasteiger partial charge in [0, 0.05) is 31.1 Å². The molecular formula is C19H26N2O2. The van der Waals surface area contributed by atoms with E-state index in [-0.39, 0.29) is 17.7 Å². The Bertz CT molecular complexity index is 541. The van der Waals surface area contributed by atoms with Crippen LogP contribution in [0.1, 0.15) is 60.9 Å². The predicted octanol–water partition coefficient (Wildman–Crippen LogP) is 3.12. The topological polar surface area (TPSA) is 49.4 Å². The van der Waals surface area contributed by atoms with Crippen molar-refractivity contribution in [2.24, 2.45) is 5.92 Å². The molecule has 4 heteroatoms. The van der Waals surface area contributed by atoms with Crippen molar-refractivity contribution in [2.45, 2.75) is 51.5 Å². The van der Waals surface area contributed by atoms with Crippen LogP contribution in [0.25, 0.3) is 0 Å². The standard InChI is InChI=1S/C19H26N2O2/c22-18(16-6-2-3-7-16)20-14-15-8-10-17(11-9-15)19(23)21-12-4-1-5-13-21/h8-11,16H,1-7,12-14H2,(H,20,22). The van der Waals surface area contributed by atoms with E-state index in [1.807, 2.05) is 29.2 Å². The molecule has 0 spiro atoms. The first-order valence-electron chi connectivity index (χ1n) is 8.90. The zero-order chi connectivity index (χ0) is 16.1. The highest BCUT2D eigenvalue weighted by atomic mass is 16.2. The Morgan fingerprint density at radius 2 is 1.61 bits per heavy atom. The lowest BCUT2D eigenvalue weighted by Crippen LogP contribution is -2.35. The van der Waals surface area contributed by atoms with Gasteiger partial charge in [0.1, 0.15) is 0 Å². The minimum atomic E-state index is 0.131. The van der Waals surface area contributed by atoms with Gasteiger partial charge in [0.25, 0.3) is 5.91 Å². The zero-order valence-corrected chi connectivity index (χ0v) is 13.7. The molecule has 1 heterocycles. The third-order valence-electron chi connectivity index (χ3n) is 5.04. The van der Waals surface area contributed by atoms with Crippen LogP contribution in [0.2, 0.25) is 0 Å². The number of hydrogen-bond donors (Lipinski definition) is 1. The summed E-state index contributed by atoms with van der Waals surface area (Å²) in [6, 6.07) is 7.67. The summed E-state index contributed by atoms with van der Waals surface area (Å²) in [5, 5.41) is 3.02. The van der Waals surface area contributed by atoms with Crippen molar-refractivity contribution in [3.8, 4) is 0 Å². The Labute approximate surface area is 138 Å². The molecule has 1 saturated heterocycles. The Balaban J connectivity index is 1.52. The lowest BCUT2D eigenvalue weighted by atomic mass is 10.1. The second-order valence-corrected chi connectivity index (χ2v) is 6.75. The van der Waals surface area contributed by atoms with Gasteiger partial charge >= 0.3 is 0 Å². The molecule has 1 aromatic carbocycles. The number of carbonyl (C=O) groups excluding carboxylic acids is 2. The number of piperidine rings is 1. The molecule has 0 atom stereocenters. The summed E-state index contributed by atoms with van der Waals surface area (Å²) in [7, 11) is 0. The average Bonchev–Trinajstić information content (AvgIpc) is 3.15. The average molecular weight is 314 g/mol. The van der Waals surface area contributed by atoms with Crippen LogP contribution in [0.5, 0.6) is 0 Å². The third-order valence-corrected chi connectivity index (χ3v) is 5.04. The van der Waals surface area contributed by atoms with Crippen molar-refractivity contribution in [3.05, 3.63) is 35.4 Å². The summed E-state index contributed by atoms with van der Waals surface area (Å²) < 4.78 is 0. The van der Waals surface area contributed by atoms with Gasteiger partial charge in [-0.25, -0.2) is 0 Å². The van der Waals surface area contributed by atoms with Crippen LogP contribution in [0.3, 0.4) is 0 Å². The Morgan fingerprint density at radius 1 is 0.957 bits per heavy atom. The summed E-state index contributed by atoms with van der Waals surface area (Å²) in [6.45, 7) is 2.30. The summed E-state index contributed by atoms with van der Waals surface area (Å²) in [4.78, 5) is 26.4. The van der Waals surface area contributed by atoms with E-state index >= 15 is 0 Å². The molecule has 2 aliphatic rings. The maximum atomic E-state index is 12.4. The van der Waals surface area contributed by atoms with E-state index in [1.54, 1.807) is 0 Å². The number of amides is 2. The molecular weight excluding hydrogens is 288 g/mol. The number of carbonyl (C=O) groups is 2. The molecule has 1 aliphatic carbocycles. The summed E-state index contributed by atoms with van der Waals surface area (Å²) >= 11 is 0. The van der Waals surface area contributed by atoms with Crippen molar-refractivity contribution in [1.82, 2.24) is 10.2 Å². The molecule has 1 aromatic rings. The van der Waals surface area contributed by atoms with Crippen LogP contribution < -0.4 is 5.32 Å². The third kappa shape index (κ3) is 4.12. The molecule has 1 aliphatic heterocycles. The highest BCUT2D eigenvalue weighted by molar-refractivity contribution is 5.94. The van der Waals surface area contributed by atoms with Gasteiger partial charge in [0.05, 0.1) is 0 Å². The molecule has 0 radical (unpaired) electrons. The largest absolute Gasteiger partial charge is 0.352 e. The van der Waals surface area contributed by atoms with Crippen LogP contribution in [0.15, 0.2) is 24.3 Å². The highest BCUT2D eigenvalue weighted by Crippen LogP contribution is 2.24. The smallest absolute Gasteiger partial charge is 0.253 e. The maximum Gasteiger partial charge on any atom is 0.253 e. The second kappa shape index (κ2) is 7.62. The van der Waals surface area contributed by atoms with E-state index < -0.39 is 0 Å². The molecule has 3 rings (SSSR count). The fourth-order valence-corrected chi connectivity index (χ4v) is 3.57. The number of nitrogens with zero attached hydrogens (tertiary/aromatic N) is 1. The van der Waals surface area contributed by atoms with Crippen LogP contribution in [-0.4, -0.2) is 29.8 Å². The molecule has 2 amide bonds. The zero-order valence-electron chi connectivity index (χ0n) is 13.7. The molecule has 1 saturated carbocycles. The van der Waals surface area contributed by atoms with Gasteiger partial charge in [-0.15, -0.1) is 0 Å². The Kier molecular flexibility index (Phi) is 5.31. The van der Waals surface area contributed by atoms with Crippen molar-refractivity contribution in [3.63, 3.8) is 0 Å². The summed E-state index contributed by atoms with van der Waals surface area (Å²) in [6.07, 6.45) is 7.83. The first-order valence-corrected chi connectivity index (χ1v) is 8.90. The van der Waals surface area contributed by atoms with Crippen molar-refractivity contribution < 1.29 is 9.59 Å². The SMILES string of the molecule is O=C(NCc1ccc(C(=O)N2CCCCC2)cc1)C1CCCC1. The van der Waals surface area contributed by atoms with Gasteiger partial charge in [-0.3, -0.25) is 9.59 Å². The summed E-state index contributed by atoms with van der Waals surface area (Å²) in [5.74, 6) is 0.511. The van der Waals surface area contributed by atoms with E-state index in [1.165, 1.54) is 19.3 Å². The van der Waals surface area contributed by atoms with Crippen LogP contribution in [0.4, 0.5) is 0 Å². The molecule has 2 fully saturated rings. The minimum absolute atomic E-state index is 0.131. The Hall–Kier alpha value is -1.84. The fourth-order valence-electron chi connectivity index (χ4n) is 3.57. The molecule has 1 N–H and O–H groups in total. The molecule has 4 nitrogen and oxygen atoms in total. The van der Waals surface area contributed by atoms with Gasteiger partial charge in [-0.1, -0.05) is 25.0 Å². The first-order chi connectivity index (χ1) is 11.2. The maximum absolute atomic E-state index is 12.4. The van der Waals surface area contributed by atoms with Crippen molar-refractivity contribution in [1.29, 1.82) is 0 Å². The van der Waals surface area contributed by atoms with Crippen molar-refractivity contribution >= 4 is 11.8 Å². The van der Waals surface area contributed by atoms with Gasteiger partial charge in [-0.05, 0) is 49.8 Å². The number of benzene rings is 1. The lowest BCUT2D eigenvalue weighted by molar-refractivity contribution is -0.124. The lowest BCUT2D eigenvalue weighted by Gasteiger charge is -2.26. The normalized spacial score (nSPS) is 18.9. The predicted molar refractivity (Wildman–Crippen MR) is 90.0 cm³/mol. The fraction of sp³-hybridized carbons (Fsp3) is 0.579. The molecule has 124 valence electrons. The molecule has 0 aromatic heterocycles. The number of rotatable bonds is 4. The van der Waals surface area contributed by atoms with Crippen LogP contribution >= 0.6 is 0 Å². The number of likely N-dealkylation sites (tertiary alicyclic amines) is 1. The molecule has 0 unspecified atom stereocenters. The van der Waals surface area contributed by atoms with Crippen LogP contribution in [-0.2, 0) is 11.3 Å². The van der Waals surface area contributed by atoms with Gasteiger partial charge in [0.15, 0.2) is 0 Å². The van der Waals surface area contributed by atoms with E-state index in [2.05, 4.69) is 5.32 Å². The van der Waals surface area contributed by atoms with E-state index in [9.17, 15) is 9.59 Å². The van der Waals surface area contributed by atoms with Crippen molar-refractivity contribution in [2.75, 3.05) is 13.1 Å². The van der Waals surface area contributed by atoms with Gasteiger partial charge in [-0.2, -0.15) is 0 Å². The molecule has 23 heavy (non-hydrogen) atoms. The van der Waals surface area contributed by atoms with Gasteiger partial charge < -0.3 is 10.2 Å². The van der Waals surface area contributed by atoms with E-state index in [0.717, 1.165) is 49.9 Å². The van der Waals surface area contributed by atoms with E-state index in [0.29, 0.717) is 6.54 Å². The van der Waals surface area contributed by atoms with E-state index in [4.69, 9.17) is 0 Å². The number of hydrogen-bond acceptors (Lipinski definition) is 2. The quantitative estimate of drug-likeness (QED) is 0.928. The monoisotopic (exact) mass is 314 g/mol. The first kappa shape index (κ1) is 16.0. The number of nitrogens with one attached hydrogen (secondary N) is 1. The van der Waals surface area contributed by atoms with Crippen LogP contribution in [0, 0.1) is 5.92 Å². The second-order valence-electron chi connectivity index (χ2n) is 6.75. The molecule has 0 bridgehead atoms. The summed E-state index contributed by atoms with van der Waals surface area (Å²) in [5.41, 5.74) is 1.80. The highest BCUT2D eigenvalue weighted by Gasteiger charge is 2.22. The van der Waals surface area contributed by atoms with Gasteiger partial charge in [0.2, 0.25) is 5.91 Å². The minimum Gasteiger partial charge on any atom is -0.352 e.